The normalized spacial score (nSPS) is 10.8. The summed E-state index contributed by atoms with van der Waals surface area (Å²) in [5.74, 6) is -0.579. The van der Waals surface area contributed by atoms with Crippen LogP contribution in [0.5, 0.6) is 0 Å². The molecule has 0 aliphatic rings. The zero-order chi connectivity index (χ0) is 13.1. The van der Waals surface area contributed by atoms with E-state index in [0.29, 0.717) is 24.1 Å². The van der Waals surface area contributed by atoms with Crippen LogP contribution < -0.4 is 5.76 Å². The van der Waals surface area contributed by atoms with E-state index in [4.69, 9.17) is 16.0 Å². The number of nitrogens with zero attached hydrogens (tertiary/aromatic N) is 1. The number of nitrogens with one attached hydrogen (secondary N) is 1. The fourth-order valence-corrected chi connectivity index (χ4v) is 1.87. The summed E-state index contributed by atoms with van der Waals surface area (Å²) in [6.07, 6.45) is 0.684. The Labute approximate surface area is 108 Å². The number of oxazole rings is 1. The number of amides is 1. The van der Waals surface area contributed by atoms with Gasteiger partial charge in [-0.2, -0.15) is 0 Å². The Bertz CT molecular complexity index is 617. The summed E-state index contributed by atoms with van der Waals surface area (Å²) in [4.78, 5) is 26.4. The van der Waals surface area contributed by atoms with Crippen LogP contribution in [0.25, 0.3) is 11.1 Å². The molecule has 0 spiro atoms. The minimum absolute atomic E-state index is 0.0117. The molecule has 18 heavy (non-hydrogen) atoms. The Morgan fingerprint density at radius 2 is 2.28 bits per heavy atom. The molecule has 6 heteroatoms. The molecule has 1 amide bonds. The molecule has 2 rings (SSSR count). The largest absolute Gasteiger partial charge is 0.417 e. The second-order valence-corrected chi connectivity index (χ2v) is 4.31. The first-order chi connectivity index (χ1) is 8.60. The molecular formula is C12H13ClN2O3. The van der Waals surface area contributed by atoms with Crippen LogP contribution in [0.3, 0.4) is 0 Å². The molecule has 0 bridgehead atoms. The SMILES string of the molecule is CN(CCc1ccc2[nH]c(=O)oc2c1)C(=O)CCl. The Hall–Kier alpha value is -1.75. The lowest BCUT2D eigenvalue weighted by atomic mass is 10.1. The first kappa shape index (κ1) is 12.7. The van der Waals surface area contributed by atoms with Crippen molar-refractivity contribution in [1.29, 1.82) is 0 Å². The zero-order valence-corrected chi connectivity index (χ0v) is 10.7. The lowest BCUT2D eigenvalue weighted by molar-refractivity contribution is -0.127. The highest BCUT2D eigenvalue weighted by Gasteiger charge is 2.07. The summed E-state index contributed by atoms with van der Waals surface area (Å²) in [7, 11) is 1.71. The van der Waals surface area contributed by atoms with Gasteiger partial charge < -0.3 is 9.32 Å². The number of hydrogen-bond donors (Lipinski definition) is 1. The van der Waals surface area contributed by atoms with Crippen molar-refractivity contribution in [3.63, 3.8) is 0 Å². The predicted molar refractivity (Wildman–Crippen MR) is 68.9 cm³/mol. The van der Waals surface area contributed by atoms with E-state index in [1.54, 1.807) is 24.1 Å². The van der Waals surface area contributed by atoms with Gasteiger partial charge in [-0.1, -0.05) is 6.07 Å². The van der Waals surface area contributed by atoms with E-state index >= 15 is 0 Å². The molecule has 0 fully saturated rings. The maximum atomic E-state index is 11.3. The van der Waals surface area contributed by atoms with Gasteiger partial charge in [0.15, 0.2) is 5.58 Å². The van der Waals surface area contributed by atoms with Gasteiger partial charge in [0.05, 0.1) is 5.52 Å². The van der Waals surface area contributed by atoms with Crippen molar-refractivity contribution in [2.24, 2.45) is 0 Å². The van der Waals surface area contributed by atoms with Gasteiger partial charge in [-0.05, 0) is 24.1 Å². The molecule has 1 aromatic heterocycles. The third-order valence-corrected chi connectivity index (χ3v) is 2.99. The minimum Gasteiger partial charge on any atom is -0.408 e. The van der Waals surface area contributed by atoms with E-state index in [0.717, 1.165) is 5.56 Å². The Balaban J connectivity index is 2.08. The number of likely N-dealkylation sites (N-methyl/N-ethyl adjacent to an activating group) is 1. The van der Waals surface area contributed by atoms with Gasteiger partial charge in [-0.3, -0.25) is 9.78 Å². The number of carbonyl (C=O) groups is 1. The summed E-state index contributed by atoms with van der Waals surface area (Å²) in [6.45, 7) is 0.575. The maximum absolute atomic E-state index is 11.3. The van der Waals surface area contributed by atoms with E-state index in [-0.39, 0.29) is 11.8 Å². The van der Waals surface area contributed by atoms with Crippen molar-refractivity contribution in [2.45, 2.75) is 6.42 Å². The fraction of sp³-hybridized carbons (Fsp3) is 0.333. The van der Waals surface area contributed by atoms with Crippen LogP contribution in [0.1, 0.15) is 5.56 Å². The van der Waals surface area contributed by atoms with Gasteiger partial charge in [0, 0.05) is 13.6 Å². The summed E-state index contributed by atoms with van der Waals surface area (Å²) < 4.78 is 4.97. The highest BCUT2D eigenvalue weighted by molar-refractivity contribution is 6.27. The number of aromatic amines is 1. The number of halogens is 1. The molecule has 0 unspecified atom stereocenters. The lowest BCUT2D eigenvalue weighted by Crippen LogP contribution is -2.29. The van der Waals surface area contributed by atoms with E-state index < -0.39 is 5.76 Å². The monoisotopic (exact) mass is 268 g/mol. The molecule has 1 aromatic carbocycles. The number of benzene rings is 1. The van der Waals surface area contributed by atoms with Crippen LogP contribution in [0, 0.1) is 0 Å². The van der Waals surface area contributed by atoms with Crippen molar-refractivity contribution in [1.82, 2.24) is 9.88 Å². The van der Waals surface area contributed by atoms with Gasteiger partial charge in [0.1, 0.15) is 5.88 Å². The molecule has 5 nitrogen and oxygen atoms in total. The van der Waals surface area contributed by atoms with Crippen LogP contribution in [0.15, 0.2) is 27.4 Å². The van der Waals surface area contributed by atoms with Gasteiger partial charge in [-0.15, -0.1) is 11.6 Å². The number of carbonyl (C=O) groups excluding carboxylic acids is 1. The number of fused-ring (bicyclic) bond motifs is 1. The minimum atomic E-state index is -0.461. The number of hydrogen-bond acceptors (Lipinski definition) is 3. The second-order valence-electron chi connectivity index (χ2n) is 4.04. The zero-order valence-electron chi connectivity index (χ0n) is 9.90. The second kappa shape index (κ2) is 5.27. The van der Waals surface area contributed by atoms with E-state index in [1.165, 1.54) is 0 Å². The summed E-state index contributed by atoms with van der Waals surface area (Å²) in [5, 5.41) is 0. The molecule has 2 aromatic rings. The molecule has 0 atom stereocenters. The van der Waals surface area contributed by atoms with Gasteiger partial charge >= 0.3 is 5.76 Å². The molecule has 96 valence electrons. The summed E-state index contributed by atoms with van der Waals surface area (Å²) >= 11 is 5.46. The first-order valence-corrected chi connectivity index (χ1v) is 6.05. The maximum Gasteiger partial charge on any atom is 0.417 e. The van der Waals surface area contributed by atoms with Crippen molar-refractivity contribution >= 4 is 28.6 Å². The van der Waals surface area contributed by atoms with Gasteiger partial charge in [0.25, 0.3) is 0 Å². The molecule has 1 heterocycles. The first-order valence-electron chi connectivity index (χ1n) is 5.52. The van der Waals surface area contributed by atoms with Crippen molar-refractivity contribution in [2.75, 3.05) is 19.5 Å². The quantitative estimate of drug-likeness (QED) is 0.852. The number of aromatic nitrogens is 1. The highest BCUT2D eigenvalue weighted by atomic mass is 35.5. The lowest BCUT2D eigenvalue weighted by Gasteiger charge is -2.15. The van der Waals surface area contributed by atoms with E-state index in [1.807, 2.05) is 6.07 Å². The smallest absolute Gasteiger partial charge is 0.408 e. The Morgan fingerprint density at radius 3 is 3.00 bits per heavy atom. The Kier molecular flexibility index (Phi) is 3.72. The average molecular weight is 269 g/mol. The topological polar surface area (TPSA) is 66.3 Å². The van der Waals surface area contributed by atoms with Crippen LogP contribution in [0.2, 0.25) is 0 Å². The van der Waals surface area contributed by atoms with Crippen LogP contribution in [-0.4, -0.2) is 35.3 Å². The molecule has 0 saturated heterocycles. The Morgan fingerprint density at radius 1 is 1.50 bits per heavy atom. The summed E-state index contributed by atoms with van der Waals surface area (Å²) in [5.41, 5.74) is 2.21. The standard InChI is InChI=1S/C12H13ClN2O3/c1-15(11(16)7-13)5-4-8-2-3-9-10(6-8)18-12(17)14-9/h2-3,6H,4-5,7H2,1H3,(H,14,17). The summed E-state index contributed by atoms with van der Waals surface area (Å²) in [6, 6.07) is 5.48. The van der Waals surface area contributed by atoms with Crippen molar-refractivity contribution in [3.05, 3.63) is 34.3 Å². The number of alkyl halides is 1. The highest BCUT2D eigenvalue weighted by Crippen LogP contribution is 2.13. The van der Waals surface area contributed by atoms with E-state index in [2.05, 4.69) is 4.98 Å². The molecule has 0 aliphatic carbocycles. The molecule has 0 radical (unpaired) electrons. The van der Waals surface area contributed by atoms with Crippen LogP contribution >= 0.6 is 11.6 Å². The van der Waals surface area contributed by atoms with Crippen molar-refractivity contribution < 1.29 is 9.21 Å². The molecule has 1 N–H and O–H groups in total. The molecular weight excluding hydrogens is 256 g/mol. The number of rotatable bonds is 4. The molecule has 0 saturated carbocycles. The molecule has 0 aliphatic heterocycles. The van der Waals surface area contributed by atoms with Gasteiger partial charge in [0.2, 0.25) is 5.91 Å². The third-order valence-electron chi connectivity index (χ3n) is 2.76. The van der Waals surface area contributed by atoms with Crippen LogP contribution in [-0.2, 0) is 11.2 Å². The fourth-order valence-electron chi connectivity index (χ4n) is 1.67. The van der Waals surface area contributed by atoms with E-state index in [9.17, 15) is 9.59 Å². The average Bonchev–Trinajstić information content (AvgIpc) is 2.74. The number of H-pyrrole nitrogens is 1. The predicted octanol–water partition coefficient (Wildman–Crippen LogP) is 1.36. The van der Waals surface area contributed by atoms with Gasteiger partial charge in [-0.25, -0.2) is 4.79 Å². The third kappa shape index (κ3) is 2.73. The van der Waals surface area contributed by atoms with Crippen molar-refractivity contribution in [3.8, 4) is 0 Å². The van der Waals surface area contributed by atoms with Crippen LogP contribution in [0.4, 0.5) is 0 Å².